The van der Waals surface area contributed by atoms with Gasteiger partial charge in [0, 0.05) is 12.2 Å². The zero-order valence-electron chi connectivity index (χ0n) is 11.5. The second-order valence-electron chi connectivity index (χ2n) is 4.59. The van der Waals surface area contributed by atoms with Crippen molar-refractivity contribution in [2.24, 2.45) is 0 Å². The number of nitrogens with one attached hydrogen (secondary N) is 1. The molecule has 2 aromatic carbocycles. The standard InChI is InChI=1S/C16H19NO2S/c1-2-20(18,19)16-10-8-15(9-11-16)17-13-12-14-6-4-3-5-7-14/h3-11,17H,2,12-13H2,1H3. The Hall–Kier alpha value is -1.81. The molecule has 1 N–H and O–H groups in total. The zero-order valence-corrected chi connectivity index (χ0v) is 12.4. The predicted octanol–water partition coefficient (Wildman–Crippen LogP) is 3.13. The highest BCUT2D eigenvalue weighted by molar-refractivity contribution is 7.91. The maximum absolute atomic E-state index is 11.7. The molecule has 0 amide bonds. The van der Waals surface area contributed by atoms with Crippen molar-refractivity contribution in [3.05, 3.63) is 60.2 Å². The quantitative estimate of drug-likeness (QED) is 0.888. The first-order chi connectivity index (χ1) is 9.62. The first kappa shape index (κ1) is 14.6. The smallest absolute Gasteiger partial charge is 0.178 e. The summed E-state index contributed by atoms with van der Waals surface area (Å²) in [4.78, 5) is 0.383. The van der Waals surface area contributed by atoms with Gasteiger partial charge in [0.1, 0.15) is 0 Å². The molecule has 0 aliphatic heterocycles. The van der Waals surface area contributed by atoms with Crippen LogP contribution >= 0.6 is 0 Å². The normalized spacial score (nSPS) is 11.2. The summed E-state index contributed by atoms with van der Waals surface area (Å²) >= 11 is 0. The molecule has 0 atom stereocenters. The third kappa shape index (κ3) is 3.84. The van der Waals surface area contributed by atoms with Crippen molar-refractivity contribution in [1.82, 2.24) is 0 Å². The number of hydrogen-bond acceptors (Lipinski definition) is 3. The lowest BCUT2D eigenvalue weighted by Gasteiger charge is -2.07. The van der Waals surface area contributed by atoms with Gasteiger partial charge in [-0.2, -0.15) is 0 Å². The van der Waals surface area contributed by atoms with E-state index in [1.165, 1.54) is 5.56 Å². The fraction of sp³-hybridized carbons (Fsp3) is 0.250. The molecule has 0 spiro atoms. The molecule has 106 valence electrons. The van der Waals surface area contributed by atoms with Crippen LogP contribution < -0.4 is 5.32 Å². The lowest BCUT2D eigenvalue weighted by Crippen LogP contribution is -2.06. The van der Waals surface area contributed by atoms with Crippen LogP contribution in [-0.4, -0.2) is 20.7 Å². The lowest BCUT2D eigenvalue weighted by molar-refractivity contribution is 0.597. The van der Waals surface area contributed by atoms with Gasteiger partial charge < -0.3 is 5.32 Å². The molecule has 0 radical (unpaired) electrons. The molecule has 4 heteroatoms. The molecule has 3 nitrogen and oxygen atoms in total. The Labute approximate surface area is 120 Å². The SMILES string of the molecule is CCS(=O)(=O)c1ccc(NCCc2ccccc2)cc1. The van der Waals surface area contributed by atoms with Gasteiger partial charge in [0.2, 0.25) is 0 Å². The van der Waals surface area contributed by atoms with Gasteiger partial charge in [-0.05, 0) is 36.2 Å². The Morgan fingerprint density at radius 2 is 1.60 bits per heavy atom. The summed E-state index contributed by atoms with van der Waals surface area (Å²) in [7, 11) is -3.11. The molecule has 0 unspecified atom stereocenters. The van der Waals surface area contributed by atoms with Gasteiger partial charge in [0.15, 0.2) is 9.84 Å². The largest absolute Gasteiger partial charge is 0.385 e. The van der Waals surface area contributed by atoms with E-state index >= 15 is 0 Å². The van der Waals surface area contributed by atoms with Gasteiger partial charge in [-0.25, -0.2) is 8.42 Å². The topological polar surface area (TPSA) is 46.2 Å². The van der Waals surface area contributed by atoms with Crippen LogP contribution in [0.25, 0.3) is 0 Å². The van der Waals surface area contributed by atoms with Crippen LogP contribution in [0, 0.1) is 0 Å². The van der Waals surface area contributed by atoms with Crippen molar-refractivity contribution in [2.45, 2.75) is 18.2 Å². The number of hydrogen-bond donors (Lipinski definition) is 1. The fourth-order valence-corrected chi connectivity index (χ4v) is 2.83. The zero-order chi connectivity index (χ0) is 14.4. The molecule has 0 aromatic heterocycles. The minimum atomic E-state index is -3.11. The Balaban J connectivity index is 1.92. The Morgan fingerprint density at radius 1 is 0.950 bits per heavy atom. The Morgan fingerprint density at radius 3 is 2.20 bits per heavy atom. The summed E-state index contributed by atoms with van der Waals surface area (Å²) < 4.78 is 23.4. The highest BCUT2D eigenvalue weighted by Gasteiger charge is 2.10. The van der Waals surface area contributed by atoms with Crippen LogP contribution in [0.5, 0.6) is 0 Å². The van der Waals surface area contributed by atoms with Crippen LogP contribution in [0.15, 0.2) is 59.5 Å². The summed E-state index contributed by atoms with van der Waals surface area (Å²) in [6.45, 7) is 2.48. The second kappa shape index (κ2) is 6.57. The highest BCUT2D eigenvalue weighted by Crippen LogP contribution is 2.15. The first-order valence-corrected chi connectivity index (χ1v) is 8.37. The molecule has 0 saturated heterocycles. The van der Waals surface area contributed by atoms with Crippen LogP contribution in [0.2, 0.25) is 0 Å². The molecule has 20 heavy (non-hydrogen) atoms. The van der Waals surface area contributed by atoms with E-state index in [4.69, 9.17) is 0 Å². The van der Waals surface area contributed by atoms with E-state index in [2.05, 4.69) is 17.4 Å². The minimum absolute atomic E-state index is 0.133. The van der Waals surface area contributed by atoms with Crippen molar-refractivity contribution in [3.8, 4) is 0 Å². The van der Waals surface area contributed by atoms with Crippen molar-refractivity contribution in [3.63, 3.8) is 0 Å². The number of rotatable bonds is 6. The van der Waals surface area contributed by atoms with E-state index in [0.29, 0.717) is 4.90 Å². The second-order valence-corrected chi connectivity index (χ2v) is 6.87. The summed E-state index contributed by atoms with van der Waals surface area (Å²) in [6, 6.07) is 17.2. The molecule has 0 aliphatic carbocycles. The molecular formula is C16H19NO2S. The van der Waals surface area contributed by atoms with Gasteiger partial charge in [-0.15, -0.1) is 0 Å². The van der Waals surface area contributed by atoms with Gasteiger partial charge in [0.05, 0.1) is 10.6 Å². The fourth-order valence-electron chi connectivity index (χ4n) is 1.94. The van der Waals surface area contributed by atoms with Crippen molar-refractivity contribution in [1.29, 1.82) is 0 Å². The molecule has 2 aromatic rings. The molecular weight excluding hydrogens is 270 g/mol. The maximum atomic E-state index is 11.7. The Bertz CT molecular complexity index is 634. The van der Waals surface area contributed by atoms with Crippen molar-refractivity contribution < 1.29 is 8.42 Å². The maximum Gasteiger partial charge on any atom is 0.178 e. The molecule has 0 saturated carbocycles. The third-order valence-corrected chi connectivity index (χ3v) is 4.93. The molecule has 0 heterocycles. The number of anilines is 1. The average molecular weight is 289 g/mol. The summed E-state index contributed by atoms with van der Waals surface area (Å²) in [5.74, 6) is 0.133. The van der Waals surface area contributed by atoms with E-state index in [0.717, 1.165) is 18.7 Å². The predicted molar refractivity (Wildman–Crippen MR) is 82.8 cm³/mol. The Kier molecular flexibility index (Phi) is 4.79. The average Bonchev–Trinajstić information content (AvgIpc) is 2.49. The van der Waals surface area contributed by atoms with E-state index in [1.807, 2.05) is 30.3 Å². The lowest BCUT2D eigenvalue weighted by atomic mass is 10.1. The molecule has 2 rings (SSSR count). The minimum Gasteiger partial charge on any atom is -0.385 e. The molecule has 0 aliphatic rings. The molecule has 0 bridgehead atoms. The summed E-state index contributed by atoms with van der Waals surface area (Å²) in [6.07, 6.45) is 0.940. The first-order valence-electron chi connectivity index (χ1n) is 6.72. The van der Waals surface area contributed by atoms with E-state index < -0.39 is 9.84 Å². The van der Waals surface area contributed by atoms with Crippen LogP contribution in [0.4, 0.5) is 5.69 Å². The van der Waals surface area contributed by atoms with E-state index in [1.54, 1.807) is 19.1 Å². The number of benzene rings is 2. The van der Waals surface area contributed by atoms with Crippen molar-refractivity contribution >= 4 is 15.5 Å². The van der Waals surface area contributed by atoms with Gasteiger partial charge >= 0.3 is 0 Å². The molecule has 0 fully saturated rings. The van der Waals surface area contributed by atoms with Gasteiger partial charge in [0.25, 0.3) is 0 Å². The monoisotopic (exact) mass is 289 g/mol. The number of sulfone groups is 1. The van der Waals surface area contributed by atoms with Crippen LogP contribution in [0.1, 0.15) is 12.5 Å². The van der Waals surface area contributed by atoms with Crippen LogP contribution in [0.3, 0.4) is 0 Å². The third-order valence-electron chi connectivity index (χ3n) is 3.18. The highest BCUT2D eigenvalue weighted by atomic mass is 32.2. The van der Waals surface area contributed by atoms with E-state index in [-0.39, 0.29) is 5.75 Å². The van der Waals surface area contributed by atoms with E-state index in [9.17, 15) is 8.42 Å². The summed E-state index contributed by atoms with van der Waals surface area (Å²) in [5.41, 5.74) is 2.22. The van der Waals surface area contributed by atoms with Gasteiger partial charge in [-0.3, -0.25) is 0 Å². The van der Waals surface area contributed by atoms with Crippen LogP contribution in [-0.2, 0) is 16.3 Å². The van der Waals surface area contributed by atoms with Crippen molar-refractivity contribution in [2.75, 3.05) is 17.6 Å². The summed E-state index contributed by atoms with van der Waals surface area (Å²) in [5, 5.41) is 3.29. The van der Waals surface area contributed by atoms with Gasteiger partial charge in [-0.1, -0.05) is 37.3 Å².